The highest BCUT2D eigenvalue weighted by Crippen LogP contribution is 2.30. The molecule has 0 atom stereocenters. The third kappa shape index (κ3) is 3.79. The lowest BCUT2D eigenvalue weighted by Gasteiger charge is -2.14. The molecule has 1 aromatic heterocycles. The first-order valence-corrected chi connectivity index (χ1v) is 6.33. The van der Waals surface area contributed by atoms with E-state index in [-0.39, 0.29) is 0 Å². The normalized spacial score (nSPS) is 10.7. The SMILES string of the molecule is COCCCN(C)c1nc(Cl)c(CCl)s1. The van der Waals surface area contributed by atoms with Gasteiger partial charge in [-0.25, -0.2) is 4.98 Å². The van der Waals surface area contributed by atoms with E-state index in [9.17, 15) is 0 Å². The van der Waals surface area contributed by atoms with E-state index in [1.54, 1.807) is 7.11 Å². The molecule has 0 fully saturated rings. The van der Waals surface area contributed by atoms with E-state index in [1.165, 1.54) is 11.3 Å². The summed E-state index contributed by atoms with van der Waals surface area (Å²) in [7, 11) is 3.69. The minimum atomic E-state index is 0.419. The summed E-state index contributed by atoms with van der Waals surface area (Å²) in [6, 6.07) is 0. The number of hydrogen-bond acceptors (Lipinski definition) is 4. The summed E-state index contributed by atoms with van der Waals surface area (Å²) in [4.78, 5) is 7.23. The van der Waals surface area contributed by atoms with Crippen LogP contribution in [-0.4, -0.2) is 32.3 Å². The summed E-state index contributed by atoms with van der Waals surface area (Å²) in [5.41, 5.74) is 0. The Hall–Kier alpha value is -0.0300. The largest absolute Gasteiger partial charge is 0.385 e. The lowest BCUT2D eigenvalue weighted by atomic mass is 10.4. The Morgan fingerprint density at radius 3 is 2.80 bits per heavy atom. The van der Waals surface area contributed by atoms with Crippen molar-refractivity contribution in [3.8, 4) is 0 Å². The maximum atomic E-state index is 5.91. The van der Waals surface area contributed by atoms with E-state index in [1.807, 2.05) is 7.05 Å². The minimum Gasteiger partial charge on any atom is -0.385 e. The van der Waals surface area contributed by atoms with E-state index in [0.717, 1.165) is 29.6 Å². The quantitative estimate of drug-likeness (QED) is 0.586. The average molecular weight is 269 g/mol. The molecule has 1 heterocycles. The Balaban J connectivity index is 2.53. The van der Waals surface area contributed by atoms with Gasteiger partial charge < -0.3 is 9.64 Å². The molecule has 0 aliphatic rings. The fourth-order valence-electron chi connectivity index (χ4n) is 1.11. The smallest absolute Gasteiger partial charge is 0.186 e. The zero-order chi connectivity index (χ0) is 11.3. The molecule has 0 aliphatic carbocycles. The Kier molecular flexibility index (Phi) is 5.68. The molecular formula is C9H14Cl2N2OS. The molecule has 0 aromatic carbocycles. The Morgan fingerprint density at radius 1 is 1.53 bits per heavy atom. The van der Waals surface area contributed by atoms with Crippen LogP contribution in [0.25, 0.3) is 0 Å². The summed E-state index contributed by atoms with van der Waals surface area (Å²) < 4.78 is 4.99. The van der Waals surface area contributed by atoms with Crippen molar-refractivity contribution in [3.63, 3.8) is 0 Å². The van der Waals surface area contributed by atoms with Crippen molar-refractivity contribution in [1.29, 1.82) is 0 Å². The number of anilines is 1. The molecule has 0 spiro atoms. The maximum absolute atomic E-state index is 5.91. The first-order chi connectivity index (χ1) is 7.19. The van der Waals surface area contributed by atoms with Crippen molar-refractivity contribution in [2.45, 2.75) is 12.3 Å². The molecule has 0 amide bonds. The second-order valence-electron chi connectivity index (χ2n) is 3.11. The van der Waals surface area contributed by atoms with Crippen molar-refractivity contribution in [3.05, 3.63) is 10.0 Å². The number of alkyl halides is 1. The van der Waals surface area contributed by atoms with Crippen LogP contribution in [0.5, 0.6) is 0 Å². The topological polar surface area (TPSA) is 25.4 Å². The van der Waals surface area contributed by atoms with Gasteiger partial charge in [0.15, 0.2) is 5.13 Å². The molecule has 1 rings (SSSR count). The summed E-state index contributed by atoms with van der Waals surface area (Å²) >= 11 is 13.2. The highest BCUT2D eigenvalue weighted by molar-refractivity contribution is 7.16. The molecule has 0 radical (unpaired) electrons. The third-order valence-electron chi connectivity index (χ3n) is 1.93. The zero-order valence-corrected chi connectivity index (χ0v) is 11.1. The second-order valence-corrected chi connectivity index (χ2v) is 4.80. The van der Waals surface area contributed by atoms with E-state index in [2.05, 4.69) is 9.88 Å². The summed E-state index contributed by atoms with van der Waals surface area (Å²) in [6.45, 7) is 1.66. The van der Waals surface area contributed by atoms with Gasteiger partial charge in [0.25, 0.3) is 0 Å². The van der Waals surface area contributed by atoms with Crippen molar-refractivity contribution < 1.29 is 4.74 Å². The van der Waals surface area contributed by atoms with Gasteiger partial charge in [-0.15, -0.1) is 11.6 Å². The minimum absolute atomic E-state index is 0.419. The molecule has 0 unspecified atom stereocenters. The third-order valence-corrected chi connectivity index (χ3v) is 3.95. The Bertz CT molecular complexity index is 306. The first kappa shape index (κ1) is 13.0. The number of halogens is 2. The van der Waals surface area contributed by atoms with E-state index in [0.29, 0.717) is 11.0 Å². The van der Waals surface area contributed by atoms with Crippen LogP contribution in [0.4, 0.5) is 5.13 Å². The lowest BCUT2D eigenvalue weighted by molar-refractivity contribution is 0.196. The molecular weight excluding hydrogens is 255 g/mol. The molecule has 0 aliphatic heterocycles. The van der Waals surface area contributed by atoms with Crippen LogP contribution in [0.2, 0.25) is 5.15 Å². The predicted molar refractivity (Wildman–Crippen MR) is 66.4 cm³/mol. The van der Waals surface area contributed by atoms with Crippen LogP contribution < -0.4 is 4.90 Å². The van der Waals surface area contributed by atoms with Crippen molar-refractivity contribution in [2.24, 2.45) is 0 Å². The highest BCUT2D eigenvalue weighted by atomic mass is 35.5. The number of methoxy groups -OCH3 is 1. The molecule has 0 bridgehead atoms. The molecule has 3 nitrogen and oxygen atoms in total. The number of nitrogens with zero attached hydrogens (tertiary/aromatic N) is 2. The fraction of sp³-hybridized carbons (Fsp3) is 0.667. The first-order valence-electron chi connectivity index (χ1n) is 4.60. The van der Waals surface area contributed by atoms with Gasteiger partial charge in [-0.1, -0.05) is 22.9 Å². The fourth-order valence-corrected chi connectivity index (χ4v) is 2.57. The van der Waals surface area contributed by atoms with E-state index < -0.39 is 0 Å². The van der Waals surface area contributed by atoms with Gasteiger partial charge in [-0.2, -0.15) is 0 Å². The molecule has 0 N–H and O–H groups in total. The number of thiazole rings is 1. The molecule has 6 heteroatoms. The summed E-state index contributed by atoms with van der Waals surface area (Å²) in [6.07, 6.45) is 0.973. The van der Waals surface area contributed by atoms with Gasteiger partial charge >= 0.3 is 0 Å². The average Bonchev–Trinajstić information content (AvgIpc) is 2.60. The zero-order valence-electron chi connectivity index (χ0n) is 8.80. The van der Waals surface area contributed by atoms with Crippen molar-refractivity contribution >= 4 is 39.7 Å². The molecule has 0 saturated heterocycles. The van der Waals surface area contributed by atoms with Gasteiger partial charge in [0.2, 0.25) is 0 Å². The number of ether oxygens (including phenoxy) is 1. The van der Waals surface area contributed by atoms with Crippen molar-refractivity contribution in [1.82, 2.24) is 4.98 Å². The van der Waals surface area contributed by atoms with Gasteiger partial charge in [0, 0.05) is 27.3 Å². The Morgan fingerprint density at radius 2 is 2.27 bits per heavy atom. The van der Waals surface area contributed by atoms with Crippen LogP contribution in [0.1, 0.15) is 11.3 Å². The highest BCUT2D eigenvalue weighted by Gasteiger charge is 2.11. The molecule has 0 saturated carbocycles. The van der Waals surface area contributed by atoms with Crippen LogP contribution in [0.15, 0.2) is 0 Å². The molecule has 15 heavy (non-hydrogen) atoms. The van der Waals surface area contributed by atoms with E-state index in [4.69, 9.17) is 27.9 Å². The van der Waals surface area contributed by atoms with Crippen molar-refractivity contribution in [2.75, 3.05) is 32.2 Å². The standard InChI is InChI=1S/C9H14Cl2N2OS/c1-13(4-3-5-14-2)9-12-8(11)7(6-10)15-9/h3-6H2,1-2H3. The molecule has 1 aromatic rings. The summed E-state index contributed by atoms with van der Waals surface area (Å²) in [5, 5.41) is 1.43. The van der Waals surface area contributed by atoms with Crippen LogP contribution in [0, 0.1) is 0 Å². The molecule has 86 valence electrons. The number of aromatic nitrogens is 1. The van der Waals surface area contributed by atoms with Gasteiger partial charge in [-0.05, 0) is 6.42 Å². The number of hydrogen-bond donors (Lipinski definition) is 0. The lowest BCUT2D eigenvalue weighted by Crippen LogP contribution is -2.19. The van der Waals surface area contributed by atoms with E-state index >= 15 is 0 Å². The van der Waals surface area contributed by atoms with Gasteiger partial charge in [-0.3, -0.25) is 0 Å². The predicted octanol–water partition coefficient (Wildman–Crippen LogP) is 3.01. The number of rotatable bonds is 6. The van der Waals surface area contributed by atoms with Crippen LogP contribution >= 0.6 is 34.5 Å². The van der Waals surface area contributed by atoms with Gasteiger partial charge in [0.05, 0.1) is 10.8 Å². The second kappa shape index (κ2) is 6.53. The van der Waals surface area contributed by atoms with Crippen LogP contribution in [-0.2, 0) is 10.6 Å². The van der Waals surface area contributed by atoms with Crippen LogP contribution in [0.3, 0.4) is 0 Å². The van der Waals surface area contributed by atoms with Gasteiger partial charge in [0.1, 0.15) is 5.15 Å². The summed E-state index contributed by atoms with van der Waals surface area (Å²) in [5.74, 6) is 0.419. The monoisotopic (exact) mass is 268 g/mol. The maximum Gasteiger partial charge on any atom is 0.186 e. The Labute approximate surface area is 104 Å².